The second-order valence-corrected chi connectivity index (χ2v) is 6.17. The molecule has 0 aromatic heterocycles. The van der Waals surface area contributed by atoms with Crippen molar-refractivity contribution in [2.75, 3.05) is 26.7 Å². The molecule has 2 fully saturated rings. The number of halogens is 1. The van der Waals surface area contributed by atoms with Crippen LogP contribution in [0.5, 0.6) is 0 Å². The van der Waals surface area contributed by atoms with Crippen molar-refractivity contribution in [3.05, 3.63) is 35.9 Å². The maximum Gasteiger partial charge on any atom is 0.191 e. The Bertz CT molecular complexity index is 473. The fourth-order valence-electron chi connectivity index (χ4n) is 3.04. The largest absolute Gasteiger partial charge is 0.356 e. The lowest BCUT2D eigenvalue weighted by atomic mass is 10.1. The van der Waals surface area contributed by atoms with Gasteiger partial charge in [0.2, 0.25) is 0 Å². The quantitative estimate of drug-likeness (QED) is 0.442. The Morgan fingerprint density at radius 3 is 2.64 bits per heavy atom. The Labute approximate surface area is 150 Å². The molecule has 1 aliphatic heterocycles. The average molecular weight is 414 g/mol. The summed E-state index contributed by atoms with van der Waals surface area (Å²) in [5, 5.41) is 6.85. The first-order valence-electron chi connectivity index (χ1n) is 8.07. The van der Waals surface area contributed by atoms with Crippen LogP contribution in [0.1, 0.15) is 24.8 Å². The molecule has 2 aliphatic rings. The monoisotopic (exact) mass is 414 g/mol. The second kappa shape index (κ2) is 8.72. The molecule has 0 amide bonds. The summed E-state index contributed by atoms with van der Waals surface area (Å²) in [6.45, 7) is 4.39. The van der Waals surface area contributed by atoms with Gasteiger partial charge in [0, 0.05) is 32.7 Å². The van der Waals surface area contributed by atoms with Crippen molar-refractivity contribution in [2.45, 2.75) is 31.8 Å². The van der Waals surface area contributed by atoms with Crippen molar-refractivity contribution in [1.29, 1.82) is 0 Å². The van der Waals surface area contributed by atoms with Gasteiger partial charge in [0.25, 0.3) is 0 Å². The van der Waals surface area contributed by atoms with Crippen molar-refractivity contribution in [3.63, 3.8) is 0 Å². The van der Waals surface area contributed by atoms with Gasteiger partial charge in [0.15, 0.2) is 5.96 Å². The molecule has 122 valence electrons. The SMILES string of the molecule is CN=C(NCc1ccccc1)NCC1CCN(C2CC2)C1.I. The molecule has 22 heavy (non-hydrogen) atoms. The van der Waals surface area contributed by atoms with Crippen LogP contribution in [0.2, 0.25) is 0 Å². The van der Waals surface area contributed by atoms with Gasteiger partial charge in [-0.1, -0.05) is 30.3 Å². The molecule has 1 unspecified atom stereocenters. The summed E-state index contributed by atoms with van der Waals surface area (Å²) < 4.78 is 0. The van der Waals surface area contributed by atoms with Crippen molar-refractivity contribution in [3.8, 4) is 0 Å². The molecule has 0 bridgehead atoms. The maximum atomic E-state index is 4.31. The van der Waals surface area contributed by atoms with Gasteiger partial charge in [-0.25, -0.2) is 0 Å². The summed E-state index contributed by atoms with van der Waals surface area (Å²) >= 11 is 0. The van der Waals surface area contributed by atoms with E-state index in [0.29, 0.717) is 0 Å². The summed E-state index contributed by atoms with van der Waals surface area (Å²) in [6, 6.07) is 11.3. The summed E-state index contributed by atoms with van der Waals surface area (Å²) in [5.41, 5.74) is 1.28. The zero-order valence-corrected chi connectivity index (χ0v) is 15.6. The number of guanidine groups is 1. The number of likely N-dealkylation sites (tertiary alicyclic amines) is 1. The Kier molecular flexibility index (Phi) is 6.95. The van der Waals surface area contributed by atoms with E-state index in [1.807, 2.05) is 13.1 Å². The Morgan fingerprint density at radius 1 is 1.18 bits per heavy atom. The fraction of sp³-hybridized carbons (Fsp3) is 0.588. The van der Waals surface area contributed by atoms with Crippen LogP contribution in [0.4, 0.5) is 0 Å². The van der Waals surface area contributed by atoms with E-state index in [1.54, 1.807) is 0 Å². The predicted octanol–water partition coefficient (Wildman–Crippen LogP) is 2.45. The first kappa shape index (κ1) is 17.5. The van der Waals surface area contributed by atoms with E-state index in [0.717, 1.165) is 31.0 Å². The number of rotatable bonds is 5. The van der Waals surface area contributed by atoms with Crippen LogP contribution in [-0.2, 0) is 6.54 Å². The molecule has 0 spiro atoms. The van der Waals surface area contributed by atoms with Crippen LogP contribution < -0.4 is 10.6 Å². The molecule has 5 heteroatoms. The van der Waals surface area contributed by atoms with E-state index in [1.165, 1.54) is 37.9 Å². The third-order valence-corrected chi connectivity index (χ3v) is 4.47. The lowest BCUT2D eigenvalue weighted by Gasteiger charge is -2.17. The van der Waals surface area contributed by atoms with Gasteiger partial charge in [-0.05, 0) is 37.3 Å². The van der Waals surface area contributed by atoms with Gasteiger partial charge in [-0.3, -0.25) is 4.99 Å². The molecule has 0 radical (unpaired) electrons. The molecule has 1 aromatic carbocycles. The van der Waals surface area contributed by atoms with E-state index in [9.17, 15) is 0 Å². The Morgan fingerprint density at radius 2 is 1.95 bits per heavy atom. The van der Waals surface area contributed by atoms with Gasteiger partial charge in [-0.2, -0.15) is 0 Å². The van der Waals surface area contributed by atoms with Crippen LogP contribution in [0.3, 0.4) is 0 Å². The molecule has 2 N–H and O–H groups in total. The van der Waals surface area contributed by atoms with E-state index >= 15 is 0 Å². The molecule has 1 saturated heterocycles. The topological polar surface area (TPSA) is 39.7 Å². The summed E-state index contributed by atoms with van der Waals surface area (Å²) in [6.07, 6.45) is 4.15. The van der Waals surface area contributed by atoms with Gasteiger partial charge in [-0.15, -0.1) is 24.0 Å². The van der Waals surface area contributed by atoms with Crippen molar-refractivity contribution in [2.24, 2.45) is 10.9 Å². The number of hydrogen-bond donors (Lipinski definition) is 2. The second-order valence-electron chi connectivity index (χ2n) is 6.17. The standard InChI is InChI=1S/C17H26N4.HI/c1-18-17(19-11-14-5-3-2-4-6-14)20-12-15-9-10-21(13-15)16-7-8-16;/h2-6,15-16H,7-13H2,1H3,(H2,18,19,20);1H. The van der Waals surface area contributed by atoms with Crippen LogP contribution in [0.15, 0.2) is 35.3 Å². The number of aliphatic imine (C=N–C) groups is 1. The molecule has 1 aromatic rings. The van der Waals surface area contributed by atoms with Gasteiger partial charge in [0.05, 0.1) is 0 Å². The minimum Gasteiger partial charge on any atom is -0.356 e. The predicted molar refractivity (Wildman–Crippen MR) is 103 cm³/mol. The van der Waals surface area contributed by atoms with Crippen molar-refractivity contribution in [1.82, 2.24) is 15.5 Å². The first-order chi connectivity index (χ1) is 10.3. The van der Waals surface area contributed by atoms with E-state index in [4.69, 9.17) is 0 Å². The Hall–Kier alpha value is -0.820. The normalized spacial score (nSPS) is 22.2. The molecule has 1 aliphatic carbocycles. The molecule has 3 rings (SSSR count). The zero-order valence-electron chi connectivity index (χ0n) is 13.3. The molecule has 1 atom stereocenters. The maximum absolute atomic E-state index is 4.31. The van der Waals surface area contributed by atoms with E-state index in [2.05, 4.69) is 44.8 Å². The summed E-state index contributed by atoms with van der Waals surface area (Å²) in [5.74, 6) is 1.67. The highest BCUT2D eigenvalue weighted by molar-refractivity contribution is 14.0. The number of nitrogens with one attached hydrogen (secondary N) is 2. The van der Waals surface area contributed by atoms with E-state index < -0.39 is 0 Å². The minimum absolute atomic E-state index is 0. The minimum atomic E-state index is 0. The highest BCUT2D eigenvalue weighted by atomic mass is 127. The van der Waals surface area contributed by atoms with Crippen LogP contribution in [-0.4, -0.2) is 43.6 Å². The molecular weight excluding hydrogens is 387 g/mol. The molecule has 1 heterocycles. The van der Waals surface area contributed by atoms with E-state index in [-0.39, 0.29) is 24.0 Å². The van der Waals surface area contributed by atoms with Crippen LogP contribution in [0.25, 0.3) is 0 Å². The van der Waals surface area contributed by atoms with Gasteiger partial charge < -0.3 is 15.5 Å². The molecule has 1 saturated carbocycles. The summed E-state index contributed by atoms with van der Waals surface area (Å²) in [4.78, 5) is 6.97. The van der Waals surface area contributed by atoms with Crippen LogP contribution >= 0.6 is 24.0 Å². The highest BCUT2D eigenvalue weighted by Gasteiger charge is 2.34. The molecular formula is C17H27IN4. The van der Waals surface area contributed by atoms with Gasteiger partial charge in [0.1, 0.15) is 0 Å². The van der Waals surface area contributed by atoms with Crippen LogP contribution in [0, 0.1) is 5.92 Å². The average Bonchev–Trinajstić information content (AvgIpc) is 3.28. The lowest BCUT2D eigenvalue weighted by Crippen LogP contribution is -2.40. The molecule has 4 nitrogen and oxygen atoms in total. The zero-order chi connectivity index (χ0) is 14.5. The number of benzene rings is 1. The number of nitrogens with zero attached hydrogens (tertiary/aromatic N) is 2. The summed E-state index contributed by atoms with van der Waals surface area (Å²) in [7, 11) is 1.84. The smallest absolute Gasteiger partial charge is 0.191 e. The van der Waals surface area contributed by atoms with Crippen molar-refractivity contribution < 1.29 is 0 Å². The van der Waals surface area contributed by atoms with Crippen molar-refractivity contribution >= 4 is 29.9 Å². The highest BCUT2D eigenvalue weighted by Crippen LogP contribution is 2.31. The number of hydrogen-bond acceptors (Lipinski definition) is 2. The third-order valence-electron chi connectivity index (χ3n) is 4.47. The first-order valence-corrected chi connectivity index (χ1v) is 8.07. The Balaban J connectivity index is 0.00000176. The third kappa shape index (κ3) is 5.12. The lowest BCUT2D eigenvalue weighted by molar-refractivity contribution is 0.314. The van der Waals surface area contributed by atoms with Gasteiger partial charge >= 0.3 is 0 Å². The fourth-order valence-corrected chi connectivity index (χ4v) is 3.04.